The van der Waals surface area contributed by atoms with Crippen LogP contribution in [0, 0.1) is 5.82 Å². The van der Waals surface area contributed by atoms with Gasteiger partial charge in [0.2, 0.25) is 0 Å². The average Bonchev–Trinajstić information content (AvgIpc) is 2.39. The lowest BCUT2D eigenvalue weighted by atomic mass is 10.2. The molecule has 0 radical (unpaired) electrons. The number of hydrogen-bond acceptors (Lipinski definition) is 4. The van der Waals surface area contributed by atoms with Crippen molar-refractivity contribution < 1.29 is 31.8 Å². The average molecular weight is 309 g/mol. The Morgan fingerprint density at radius 2 is 2.05 bits per heavy atom. The first-order valence-electron chi connectivity index (χ1n) is 6.17. The minimum absolute atomic E-state index is 0.0670. The number of ether oxygens (including phenoxy) is 2. The topological polar surface area (TPSA) is 61.5 Å². The molecule has 0 spiro atoms. The van der Waals surface area contributed by atoms with Crippen molar-refractivity contribution >= 4 is 5.97 Å². The maximum Gasteiger partial charge on any atom is 0.419 e. The molecule has 1 atom stereocenters. The van der Waals surface area contributed by atoms with Gasteiger partial charge in [-0.2, -0.15) is 13.2 Å². The van der Waals surface area contributed by atoms with Gasteiger partial charge >= 0.3 is 12.1 Å². The Morgan fingerprint density at radius 1 is 1.38 bits per heavy atom. The van der Waals surface area contributed by atoms with Crippen LogP contribution in [0.15, 0.2) is 18.2 Å². The van der Waals surface area contributed by atoms with Crippen LogP contribution in [0.2, 0.25) is 0 Å². The highest BCUT2D eigenvalue weighted by Gasteiger charge is 2.34. The SMILES string of the molecule is CCOC(=O)C(N)CCOc1ccc(F)c(C(F)(F)F)c1. The van der Waals surface area contributed by atoms with Crippen LogP contribution in [0.1, 0.15) is 18.9 Å². The van der Waals surface area contributed by atoms with Gasteiger partial charge in [-0.15, -0.1) is 0 Å². The first-order chi connectivity index (χ1) is 9.75. The summed E-state index contributed by atoms with van der Waals surface area (Å²) in [6.45, 7) is 1.71. The van der Waals surface area contributed by atoms with Crippen molar-refractivity contribution in [3.8, 4) is 5.75 Å². The summed E-state index contributed by atoms with van der Waals surface area (Å²) in [5, 5.41) is 0. The molecular weight excluding hydrogens is 294 g/mol. The Bertz CT molecular complexity index is 491. The van der Waals surface area contributed by atoms with E-state index < -0.39 is 29.6 Å². The molecule has 21 heavy (non-hydrogen) atoms. The first kappa shape index (κ1) is 17.2. The number of halogens is 4. The zero-order valence-corrected chi connectivity index (χ0v) is 11.2. The zero-order chi connectivity index (χ0) is 16.0. The monoisotopic (exact) mass is 309 g/mol. The molecule has 0 fully saturated rings. The molecule has 0 aliphatic carbocycles. The van der Waals surface area contributed by atoms with E-state index in [1.54, 1.807) is 6.92 Å². The molecule has 4 nitrogen and oxygen atoms in total. The quantitative estimate of drug-likeness (QED) is 0.648. The maximum atomic E-state index is 13.0. The van der Waals surface area contributed by atoms with Crippen LogP contribution < -0.4 is 10.5 Å². The smallest absolute Gasteiger partial charge is 0.419 e. The van der Waals surface area contributed by atoms with E-state index in [2.05, 4.69) is 4.74 Å². The van der Waals surface area contributed by atoms with Crippen LogP contribution in [-0.4, -0.2) is 25.2 Å². The molecule has 0 saturated heterocycles. The Hall–Kier alpha value is -1.83. The Kier molecular flexibility index (Phi) is 5.95. The molecule has 1 aromatic rings. The fraction of sp³-hybridized carbons (Fsp3) is 0.462. The minimum atomic E-state index is -4.80. The maximum absolute atomic E-state index is 13.0. The highest BCUT2D eigenvalue weighted by atomic mass is 19.4. The number of rotatable bonds is 6. The number of hydrogen-bond donors (Lipinski definition) is 1. The third-order valence-corrected chi connectivity index (χ3v) is 2.53. The molecule has 1 aromatic carbocycles. The van der Waals surface area contributed by atoms with Crippen LogP contribution in [0.3, 0.4) is 0 Å². The van der Waals surface area contributed by atoms with E-state index in [9.17, 15) is 22.4 Å². The van der Waals surface area contributed by atoms with Gasteiger partial charge in [0.25, 0.3) is 0 Å². The van der Waals surface area contributed by atoms with Crippen LogP contribution in [0.4, 0.5) is 17.6 Å². The third kappa shape index (κ3) is 5.22. The number of benzene rings is 1. The van der Waals surface area contributed by atoms with Gasteiger partial charge in [0, 0.05) is 6.42 Å². The second-order valence-electron chi connectivity index (χ2n) is 4.14. The van der Waals surface area contributed by atoms with Crippen molar-refractivity contribution in [3.63, 3.8) is 0 Å². The van der Waals surface area contributed by atoms with Crippen molar-refractivity contribution in [1.82, 2.24) is 0 Å². The molecule has 0 aliphatic heterocycles. The van der Waals surface area contributed by atoms with Gasteiger partial charge in [-0.05, 0) is 25.1 Å². The summed E-state index contributed by atoms with van der Waals surface area (Å²) in [6.07, 6.45) is -4.73. The molecule has 0 heterocycles. The van der Waals surface area contributed by atoms with E-state index in [1.165, 1.54) is 0 Å². The summed E-state index contributed by atoms with van der Waals surface area (Å²) in [6, 6.07) is 1.38. The van der Waals surface area contributed by atoms with Gasteiger partial charge in [-0.1, -0.05) is 0 Å². The number of nitrogens with two attached hydrogens (primary N) is 1. The van der Waals surface area contributed by atoms with Crippen molar-refractivity contribution in [1.29, 1.82) is 0 Å². The van der Waals surface area contributed by atoms with Gasteiger partial charge in [0.15, 0.2) is 0 Å². The van der Waals surface area contributed by atoms with Gasteiger partial charge < -0.3 is 15.2 Å². The molecule has 118 valence electrons. The van der Waals surface area contributed by atoms with E-state index in [1.807, 2.05) is 0 Å². The minimum Gasteiger partial charge on any atom is -0.494 e. The highest BCUT2D eigenvalue weighted by Crippen LogP contribution is 2.33. The molecular formula is C13H15F4NO3. The lowest BCUT2D eigenvalue weighted by Gasteiger charge is -2.13. The Balaban J connectivity index is 2.59. The normalized spacial score (nSPS) is 12.9. The summed E-state index contributed by atoms with van der Waals surface area (Å²) >= 11 is 0. The van der Waals surface area contributed by atoms with Crippen molar-refractivity contribution in [2.24, 2.45) is 5.73 Å². The summed E-state index contributed by atoms with van der Waals surface area (Å²) in [4.78, 5) is 11.2. The predicted octanol–water partition coefficient (Wildman–Crippen LogP) is 2.50. The molecule has 0 aliphatic rings. The summed E-state index contributed by atoms with van der Waals surface area (Å²) < 4.78 is 60.2. The molecule has 1 unspecified atom stereocenters. The lowest BCUT2D eigenvalue weighted by molar-refractivity contribution is -0.145. The number of alkyl halides is 3. The fourth-order valence-electron chi connectivity index (χ4n) is 1.48. The van der Waals surface area contributed by atoms with E-state index in [0.717, 1.165) is 6.07 Å². The first-order valence-corrected chi connectivity index (χ1v) is 6.17. The van der Waals surface area contributed by atoms with E-state index in [4.69, 9.17) is 10.5 Å². The van der Waals surface area contributed by atoms with Gasteiger partial charge in [0.05, 0.1) is 18.8 Å². The molecule has 1 rings (SSSR count). The second kappa shape index (κ2) is 7.26. The molecule has 0 bridgehead atoms. The third-order valence-electron chi connectivity index (χ3n) is 2.53. The molecule has 2 N–H and O–H groups in total. The Labute approximate surface area is 118 Å². The molecule has 0 saturated carbocycles. The van der Waals surface area contributed by atoms with Crippen molar-refractivity contribution in [2.75, 3.05) is 13.2 Å². The van der Waals surface area contributed by atoms with Gasteiger partial charge in [0.1, 0.15) is 17.6 Å². The summed E-state index contributed by atoms with van der Waals surface area (Å²) in [5.41, 5.74) is 4.09. The lowest BCUT2D eigenvalue weighted by Crippen LogP contribution is -2.33. The fourth-order valence-corrected chi connectivity index (χ4v) is 1.48. The Morgan fingerprint density at radius 3 is 2.62 bits per heavy atom. The summed E-state index contributed by atoms with van der Waals surface area (Å²) in [5.74, 6) is -2.14. The van der Waals surface area contributed by atoms with Crippen LogP contribution in [0.25, 0.3) is 0 Å². The highest BCUT2D eigenvalue weighted by molar-refractivity contribution is 5.75. The zero-order valence-electron chi connectivity index (χ0n) is 11.2. The largest absolute Gasteiger partial charge is 0.494 e. The summed E-state index contributed by atoms with van der Waals surface area (Å²) in [7, 11) is 0. The second-order valence-corrected chi connectivity index (χ2v) is 4.14. The molecule has 0 amide bonds. The van der Waals surface area contributed by atoms with Crippen LogP contribution >= 0.6 is 0 Å². The predicted molar refractivity (Wildman–Crippen MR) is 66.1 cm³/mol. The van der Waals surface area contributed by atoms with Crippen LogP contribution in [0.5, 0.6) is 5.75 Å². The van der Waals surface area contributed by atoms with E-state index >= 15 is 0 Å². The van der Waals surface area contributed by atoms with Gasteiger partial charge in [-0.25, -0.2) is 4.39 Å². The molecule has 8 heteroatoms. The van der Waals surface area contributed by atoms with E-state index in [-0.39, 0.29) is 25.4 Å². The number of carbonyl (C=O) groups excluding carboxylic acids is 1. The van der Waals surface area contributed by atoms with E-state index in [0.29, 0.717) is 12.1 Å². The standard InChI is InChI=1S/C13H15F4NO3/c1-2-20-12(19)11(18)5-6-21-8-3-4-10(14)9(7-8)13(15,16)17/h3-4,7,11H,2,5-6,18H2,1H3. The number of esters is 1. The van der Waals surface area contributed by atoms with Crippen molar-refractivity contribution in [3.05, 3.63) is 29.6 Å². The molecule has 0 aromatic heterocycles. The van der Waals surface area contributed by atoms with Crippen LogP contribution in [-0.2, 0) is 15.7 Å². The van der Waals surface area contributed by atoms with Gasteiger partial charge in [-0.3, -0.25) is 4.79 Å². The van der Waals surface area contributed by atoms with Crippen molar-refractivity contribution in [2.45, 2.75) is 25.6 Å². The number of carbonyl (C=O) groups is 1.